The standard InChI is InChI=1S/C20H20O2/c1-15-3-5-16(6-4-15)13-19-11-12-20(22-19)14-17-7-9-18(21-2)10-8-17/h3-12H,13-14H2,1-2H3. The first-order chi connectivity index (χ1) is 10.7. The van der Waals surface area contributed by atoms with E-state index in [0.29, 0.717) is 0 Å². The van der Waals surface area contributed by atoms with E-state index in [9.17, 15) is 0 Å². The highest BCUT2D eigenvalue weighted by atomic mass is 16.5. The Balaban J connectivity index is 1.66. The number of aryl methyl sites for hydroxylation is 1. The first-order valence-corrected chi connectivity index (χ1v) is 7.49. The highest BCUT2D eigenvalue weighted by Gasteiger charge is 2.05. The highest BCUT2D eigenvalue weighted by Crippen LogP contribution is 2.18. The maximum absolute atomic E-state index is 5.95. The van der Waals surface area contributed by atoms with Gasteiger partial charge in [0.1, 0.15) is 17.3 Å². The summed E-state index contributed by atoms with van der Waals surface area (Å²) in [5.74, 6) is 2.88. The predicted octanol–water partition coefficient (Wildman–Crippen LogP) is 4.78. The summed E-state index contributed by atoms with van der Waals surface area (Å²) < 4.78 is 11.1. The molecule has 0 aliphatic heterocycles. The zero-order chi connectivity index (χ0) is 15.4. The first-order valence-electron chi connectivity index (χ1n) is 7.49. The molecule has 2 heteroatoms. The molecular weight excluding hydrogens is 272 g/mol. The van der Waals surface area contributed by atoms with Crippen LogP contribution in [0.15, 0.2) is 65.1 Å². The van der Waals surface area contributed by atoms with Crippen LogP contribution in [-0.4, -0.2) is 7.11 Å². The van der Waals surface area contributed by atoms with Gasteiger partial charge in [0.25, 0.3) is 0 Å². The van der Waals surface area contributed by atoms with Crippen molar-refractivity contribution in [2.75, 3.05) is 7.11 Å². The summed E-state index contributed by atoms with van der Waals surface area (Å²) in [4.78, 5) is 0. The van der Waals surface area contributed by atoms with Gasteiger partial charge < -0.3 is 9.15 Å². The Bertz CT molecular complexity index is 721. The monoisotopic (exact) mass is 292 g/mol. The summed E-state index contributed by atoms with van der Waals surface area (Å²) >= 11 is 0. The van der Waals surface area contributed by atoms with Crippen molar-refractivity contribution in [1.29, 1.82) is 0 Å². The zero-order valence-corrected chi connectivity index (χ0v) is 13.0. The van der Waals surface area contributed by atoms with Crippen molar-refractivity contribution < 1.29 is 9.15 Å². The van der Waals surface area contributed by atoms with E-state index in [2.05, 4.69) is 55.5 Å². The van der Waals surface area contributed by atoms with Crippen LogP contribution < -0.4 is 4.74 Å². The lowest BCUT2D eigenvalue weighted by Gasteiger charge is -2.02. The van der Waals surface area contributed by atoms with E-state index in [1.807, 2.05) is 12.1 Å². The van der Waals surface area contributed by atoms with Gasteiger partial charge in [0.15, 0.2) is 0 Å². The zero-order valence-electron chi connectivity index (χ0n) is 13.0. The van der Waals surface area contributed by atoms with Crippen LogP contribution in [0.1, 0.15) is 28.2 Å². The molecule has 0 N–H and O–H groups in total. The molecule has 0 amide bonds. The second-order valence-corrected chi connectivity index (χ2v) is 5.56. The van der Waals surface area contributed by atoms with Crippen molar-refractivity contribution in [3.05, 3.63) is 88.9 Å². The van der Waals surface area contributed by atoms with Crippen LogP contribution in [0.2, 0.25) is 0 Å². The molecule has 0 saturated heterocycles. The van der Waals surface area contributed by atoms with Crippen molar-refractivity contribution in [2.24, 2.45) is 0 Å². The van der Waals surface area contributed by atoms with Gasteiger partial charge in [0, 0.05) is 12.8 Å². The molecule has 0 unspecified atom stereocenters. The molecule has 1 aromatic heterocycles. The number of methoxy groups -OCH3 is 1. The Hall–Kier alpha value is -2.48. The molecule has 0 atom stereocenters. The van der Waals surface area contributed by atoms with Crippen LogP contribution in [0.4, 0.5) is 0 Å². The van der Waals surface area contributed by atoms with Gasteiger partial charge in [-0.3, -0.25) is 0 Å². The van der Waals surface area contributed by atoms with Crippen LogP contribution in [0.5, 0.6) is 5.75 Å². The summed E-state index contributed by atoms with van der Waals surface area (Å²) in [5.41, 5.74) is 3.77. The maximum atomic E-state index is 5.95. The van der Waals surface area contributed by atoms with Crippen LogP contribution in [-0.2, 0) is 12.8 Å². The number of hydrogen-bond acceptors (Lipinski definition) is 2. The van der Waals surface area contributed by atoms with Gasteiger partial charge in [-0.1, -0.05) is 42.0 Å². The third-order valence-electron chi connectivity index (χ3n) is 3.75. The van der Waals surface area contributed by atoms with Crippen molar-refractivity contribution >= 4 is 0 Å². The Morgan fingerprint density at radius 2 is 1.23 bits per heavy atom. The molecule has 0 spiro atoms. The van der Waals surface area contributed by atoms with Crippen molar-refractivity contribution in [2.45, 2.75) is 19.8 Å². The molecule has 0 aliphatic carbocycles. The average molecular weight is 292 g/mol. The van der Waals surface area contributed by atoms with Gasteiger partial charge in [0.05, 0.1) is 7.11 Å². The number of ether oxygens (including phenoxy) is 1. The van der Waals surface area contributed by atoms with Gasteiger partial charge in [0.2, 0.25) is 0 Å². The summed E-state index contributed by atoms with van der Waals surface area (Å²) in [7, 11) is 1.68. The molecule has 0 saturated carbocycles. The summed E-state index contributed by atoms with van der Waals surface area (Å²) in [5, 5.41) is 0. The largest absolute Gasteiger partial charge is 0.497 e. The Morgan fingerprint density at radius 3 is 1.73 bits per heavy atom. The van der Waals surface area contributed by atoms with Gasteiger partial charge in [-0.25, -0.2) is 0 Å². The maximum Gasteiger partial charge on any atom is 0.118 e. The van der Waals surface area contributed by atoms with E-state index < -0.39 is 0 Å². The lowest BCUT2D eigenvalue weighted by molar-refractivity contribution is 0.414. The van der Waals surface area contributed by atoms with E-state index in [-0.39, 0.29) is 0 Å². The summed E-state index contributed by atoms with van der Waals surface area (Å²) in [6.07, 6.45) is 1.64. The third kappa shape index (κ3) is 3.59. The highest BCUT2D eigenvalue weighted by molar-refractivity contribution is 5.30. The van der Waals surface area contributed by atoms with Gasteiger partial charge in [-0.15, -0.1) is 0 Å². The molecule has 2 aromatic carbocycles. The quantitative estimate of drug-likeness (QED) is 0.675. The fourth-order valence-corrected chi connectivity index (χ4v) is 2.46. The van der Waals surface area contributed by atoms with Crippen molar-refractivity contribution in [3.8, 4) is 5.75 Å². The Kier molecular flexibility index (Phi) is 4.29. The molecule has 1 heterocycles. The van der Waals surface area contributed by atoms with E-state index in [1.165, 1.54) is 16.7 Å². The Morgan fingerprint density at radius 1 is 0.727 bits per heavy atom. The summed E-state index contributed by atoms with van der Waals surface area (Å²) in [6, 6.07) is 20.8. The number of rotatable bonds is 5. The smallest absolute Gasteiger partial charge is 0.118 e. The van der Waals surface area contributed by atoms with Gasteiger partial charge in [-0.05, 0) is 42.3 Å². The molecular formula is C20H20O2. The van der Waals surface area contributed by atoms with Crippen LogP contribution in [0.3, 0.4) is 0 Å². The SMILES string of the molecule is COc1ccc(Cc2ccc(Cc3ccc(C)cc3)o2)cc1. The second kappa shape index (κ2) is 6.52. The van der Waals surface area contributed by atoms with Crippen LogP contribution in [0, 0.1) is 6.92 Å². The van der Waals surface area contributed by atoms with Crippen LogP contribution in [0.25, 0.3) is 0 Å². The normalized spacial score (nSPS) is 10.6. The molecule has 0 fully saturated rings. The molecule has 0 bridgehead atoms. The summed E-state index contributed by atoms with van der Waals surface area (Å²) in [6.45, 7) is 2.10. The number of hydrogen-bond donors (Lipinski definition) is 0. The molecule has 112 valence electrons. The average Bonchev–Trinajstić information content (AvgIpc) is 2.97. The van der Waals surface area contributed by atoms with E-state index >= 15 is 0 Å². The molecule has 0 radical (unpaired) electrons. The predicted molar refractivity (Wildman–Crippen MR) is 88.5 cm³/mol. The fraction of sp³-hybridized carbons (Fsp3) is 0.200. The Labute approximate surface area is 131 Å². The second-order valence-electron chi connectivity index (χ2n) is 5.56. The number of furan rings is 1. The van der Waals surface area contributed by atoms with Crippen molar-refractivity contribution in [1.82, 2.24) is 0 Å². The minimum atomic E-state index is 0.803. The minimum Gasteiger partial charge on any atom is -0.497 e. The van der Waals surface area contributed by atoms with E-state index in [0.717, 1.165) is 30.1 Å². The van der Waals surface area contributed by atoms with Gasteiger partial charge in [-0.2, -0.15) is 0 Å². The molecule has 0 aliphatic rings. The lowest BCUT2D eigenvalue weighted by atomic mass is 10.1. The minimum absolute atomic E-state index is 0.803. The van der Waals surface area contributed by atoms with E-state index in [4.69, 9.17) is 9.15 Å². The third-order valence-corrected chi connectivity index (χ3v) is 3.75. The first kappa shape index (κ1) is 14.5. The fourth-order valence-electron chi connectivity index (χ4n) is 2.46. The van der Waals surface area contributed by atoms with Crippen LogP contribution >= 0.6 is 0 Å². The molecule has 22 heavy (non-hydrogen) atoms. The number of benzene rings is 2. The topological polar surface area (TPSA) is 22.4 Å². The lowest BCUT2D eigenvalue weighted by Crippen LogP contribution is -1.88. The van der Waals surface area contributed by atoms with E-state index in [1.54, 1.807) is 7.11 Å². The molecule has 3 aromatic rings. The van der Waals surface area contributed by atoms with Gasteiger partial charge >= 0.3 is 0 Å². The molecule has 3 rings (SSSR count). The molecule has 2 nitrogen and oxygen atoms in total. The van der Waals surface area contributed by atoms with Crippen molar-refractivity contribution in [3.63, 3.8) is 0 Å².